The van der Waals surface area contributed by atoms with Gasteiger partial charge in [-0.3, -0.25) is 0 Å². The van der Waals surface area contributed by atoms with E-state index in [0.29, 0.717) is 0 Å². The number of halogens is 3. The molecule has 0 amide bonds. The summed E-state index contributed by atoms with van der Waals surface area (Å²) >= 11 is 0. The first kappa shape index (κ1) is 9.70. The number of hydrogen-bond acceptors (Lipinski definition) is 2. The van der Waals surface area contributed by atoms with E-state index in [2.05, 4.69) is 0 Å². The molecule has 0 saturated heterocycles. The van der Waals surface area contributed by atoms with E-state index < -0.39 is 27.7 Å². The highest BCUT2D eigenvalue weighted by Crippen LogP contribution is 2.16. The summed E-state index contributed by atoms with van der Waals surface area (Å²) < 4.78 is 53.6. The van der Waals surface area contributed by atoms with Gasteiger partial charge in [0.25, 0.3) is 0 Å². The third-order valence-electron chi connectivity index (χ3n) is 0.563. The molecule has 0 aromatic carbocycles. The molecule has 0 atom stereocenters. The summed E-state index contributed by atoms with van der Waals surface area (Å²) in [5, 5.41) is 9.54. The molecule has 0 aliphatic carbocycles. The van der Waals surface area contributed by atoms with Gasteiger partial charge < -0.3 is 0 Å². The van der Waals surface area contributed by atoms with Crippen LogP contribution in [0.3, 0.4) is 0 Å². The molecule has 0 aromatic heterocycles. The Hall–Kier alpha value is -0.300. The monoisotopic (exact) mass is 177 g/mol. The SMILES string of the molecule is [O]CS(=O)(=O)CC(F)(F)F. The van der Waals surface area contributed by atoms with Crippen LogP contribution >= 0.6 is 0 Å². The standard InChI is InChI=1S/C3H4F3O3S/c4-3(5,6)1-10(8,9)2-7/h1-2H2. The molecule has 0 unspecified atom stereocenters. The van der Waals surface area contributed by atoms with Gasteiger partial charge in [0.2, 0.25) is 0 Å². The summed E-state index contributed by atoms with van der Waals surface area (Å²) in [5.41, 5.74) is 0. The molecule has 0 N–H and O–H groups in total. The lowest BCUT2D eigenvalue weighted by Gasteiger charge is -2.03. The van der Waals surface area contributed by atoms with E-state index in [9.17, 15) is 26.7 Å². The zero-order chi connectivity index (χ0) is 8.41. The molecule has 0 aliphatic heterocycles. The average molecular weight is 177 g/mol. The van der Waals surface area contributed by atoms with Gasteiger partial charge in [0.1, 0.15) is 5.75 Å². The number of rotatable bonds is 2. The Morgan fingerprint density at radius 1 is 1.20 bits per heavy atom. The molecule has 0 spiro atoms. The predicted molar refractivity (Wildman–Crippen MR) is 25.4 cm³/mol. The van der Waals surface area contributed by atoms with Gasteiger partial charge in [0.15, 0.2) is 15.8 Å². The summed E-state index contributed by atoms with van der Waals surface area (Å²) in [5.74, 6) is -3.74. The minimum absolute atomic E-state index is 1.72. The maximum Gasteiger partial charge on any atom is 0.402 e. The minimum atomic E-state index is -4.80. The molecule has 0 bridgehead atoms. The first-order valence-electron chi connectivity index (χ1n) is 2.12. The fraction of sp³-hybridized carbons (Fsp3) is 1.00. The second kappa shape index (κ2) is 2.75. The van der Waals surface area contributed by atoms with Gasteiger partial charge in [-0.15, -0.1) is 0 Å². The molecule has 1 radical (unpaired) electrons. The Morgan fingerprint density at radius 2 is 1.60 bits per heavy atom. The van der Waals surface area contributed by atoms with Gasteiger partial charge in [0, 0.05) is 0 Å². The largest absolute Gasteiger partial charge is 0.402 e. The van der Waals surface area contributed by atoms with Crippen molar-refractivity contribution in [1.29, 1.82) is 0 Å². The van der Waals surface area contributed by atoms with Gasteiger partial charge in [-0.2, -0.15) is 13.2 Å². The summed E-state index contributed by atoms with van der Waals surface area (Å²) in [4.78, 5) is 0. The van der Waals surface area contributed by atoms with Crippen molar-refractivity contribution in [1.82, 2.24) is 0 Å². The lowest BCUT2D eigenvalue weighted by atomic mass is 10.8. The quantitative estimate of drug-likeness (QED) is 0.611. The van der Waals surface area contributed by atoms with E-state index in [-0.39, 0.29) is 0 Å². The van der Waals surface area contributed by atoms with Crippen LogP contribution in [0, 0.1) is 0 Å². The van der Waals surface area contributed by atoms with Crippen LogP contribution in [0.5, 0.6) is 0 Å². The van der Waals surface area contributed by atoms with Crippen molar-refractivity contribution in [3.05, 3.63) is 0 Å². The first-order valence-corrected chi connectivity index (χ1v) is 3.94. The molecule has 0 rings (SSSR count). The molecular weight excluding hydrogens is 173 g/mol. The van der Waals surface area contributed by atoms with E-state index in [1.807, 2.05) is 0 Å². The number of alkyl halides is 3. The van der Waals surface area contributed by atoms with Crippen molar-refractivity contribution >= 4 is 9.84 Å². The van der Waals surface area contributed by atoms with Crippen molar-refractivity contribution in [3.8, 4) is 0 Å². The Balaban J connectivity index is 4.18. The van der Waals surface area contributed by atoms with E-state index >= 15 is 0 Å². The highest BCUT2D eigenvalue weighted by atomic mass is 32.2. The van der Waals surface area contributed by atoms with E-state index in [1.54, 1.807) is 0 Å². The van der Waals surface area contributed by atoms with Gasteiger partial charge in [-0.1, -0.05) is 0 Å². The lowest BCUT2D eigenvalue weighted by Crippen LogP contribution is -2.24. The maximum absolute atomic E-state index is 11.2. The van der Waals surface area contributed by atoms with Crippen LogP contribution in [0.2, 0.25) is 0 Å². The Morgan fingerprint density at radius 3 is 1.70 bits per heavy atom. The number of sulfone groups is 1. The molecule has 0 heterocycles. The van der Waals surface area contributed by atoms with Crippen molar-refractivity contribution in [3.63, 3.8) is 0 Å². The normalized spacial score (nSPS) is 13.6. The molecule has 0 fully saturated rings. The van der Waals surface area contributed by atoms with Crippen LogP contribution in [0.25, 0.3) is 0 Å². The van der Waals surface area contributed by atoms with Crippen LogP contribution < -0.4 is 0 Å². The van der Waals surface area contributed by atoms with Crippen LogP contribution in [-0.2, 0) is 14.9 Å². The highest BCUT2D eigenvalue weighted by Gasteiger charge is 2.34. The van der Waals surface area contributed by atoms with Crippen LogP contribution in [-0.4, -0.2) is 26.3 Å². The fourth-order valence-electron chi connectivity index (χ4n) is 0.291. The smallest absolute Gasteiger partial charge is 0.226 e. The summed E-state index contributed by atoms with van der Waals surface area (Å²) in [7, 11) is -4.46. The molecule has 10 heavy (non-hydrogen) atoms. The van der Waals surface area contributed by atoms with Crippen molar-refractivity contribution in [2.75, 3.05) is 11.7 Å². The zero-order valence-electron chi connectivity index (χ0n) is 4.68. The van der Waals surface area contributed by atoms with Crippen molar-refractivity contribution in [2.24, 2.45) is 0 Å². The second-order valence-corrected chi connectivity index (χ2v) is 3.63. The van der Waals surface area contributed by atoms with E-state index in [4.69, 9.17) is 0 Å². The Kier molecular flexibility index (Phi) is 2.67. The maximum atomic E-state index is 11.2. The van der Waals surface area contributed by atoms with Crippen LogP contribution in [0.15, 0.2) is 0 Å². The predicted octanol–water partition coefficient (Wildman–Crippen LogP) is 0.352. The fourth-order valence-corrected chi connectivity index (χ4v) is 0.873. The van der Waals surface area contributed by atoms with Crippen LogP contribution in [0.1, 0.15) is 0 Å². The molecule has 7 heteroatoms. The molecule has 61 valence electrons. The summed E-state index contributed by atoms with van der Waals surface area (Å²) in [6.07, 6.45) is -4.80. The number of hydrogen-bond donors (Lipinski definition) is 0. The Labute approximate surface area is 55.4 Å². The van der Waals surface area contributed by atoms with Gasteiger partial charge >= 0.3 is 6.18 Å². The molecular formula is C3H4F3O3S. The van der Waals surface area contributed by atoms with Crippen molar-refractivity contribution < 1.29 is 26.7 Å². The van der Waals surface area contributed by atoms with E-state index in [1.165, 1.54) is 0 Å². The van der Waals surface area contributed by atoms with Crippen molar-refractivity contribution in [2.45, 2.75) is 6.18 Å². The van der Waals surface area contributed by atoms with Gasteiger partial charge in [-0.25, -0.2) is 13.5 Å². The highest BCUT2D eigenvalue weighted by molar-refractivity contribution is 7.91. The molecule has 0 aliphatic rings. The van der Waals surface area contributed by atoms with Gasteiger partial charge in [0.05, 0.1) is 0 Å². The minimum Gasteiger partial charge on any atom is -0.226 e. The summed E-state index contributed by atoms with van der Waals surface area (Å²) in [6.45, 7) is 0. The molecule has 0 saturated carbocycles. The Bertz CT molecular complexity index is 192. The first-order chi connectivity index (χ1) is 4.27. The van der Waals surface area contributed by atoms with Crippen LogP contribution in [0.4, 0.5) is 13.2 Å². The topological polar surface area (TPSA) is 54.0 Å². The third kappa shape index (κ3) is 4.57. The van der Waals surface area contributed by atoms with Gasteiger partial charge in [-0.05, 0) is 0 Å². The summed E-state index contributed by atoms with van der Waals surface area (Å²) in [6, 6.07) is 0. The van der Waals surface area contributed by atoms with E-state index in [0.717, 1.165) is 0 Å². The lowest BCUT2D eigenvalue weighted by molar-refractivity contribution is -0.106. The molecule has 0 aromatic rings. The zero-order valence-corrected chi connectivity index (χ0v) is 5.50. The second-order valence-electron chi connectivity index (χ2n) is 1.62. The average Bonchev–Trinajstić information content (AvgIpc) is 1.60. The third-order valence-corrected chi connectivity index (χ3v) is 1.69. The molecule has 3 nitrogen and oxygen atoms in total.